The van der Waals surface area contributed by atoms with Crippen LogP contribution in [0.1, 0.15) is 98.3 Å². The first kappa shape index (κ1) is 21.7. The maximum absolute atomic E-state index is 10.4. The number of hydrogen-bond acceptors (Lipinski definition) is 2. The van der Waals surface area contributed by atoms with Gasteiger partial charge in [0.25, 0.3) is 0 Å². The molecule has 0 bridgehead atoms. The van der Waals surface area contributed by atoms with Gasteiger partial charge in [-0.05, 0) is 43.4 Å². The third-order valence-corrected chi connectivity index (χ3v) is 6.01. The van der Waals surface area contributed by atoms with Gasteiger partial charge in [0.1, 0.15) is 0 Å². The van der Waals surface area contributed by atoms with Gasteiger partial charge in [0.15, 0.2) is 0 Å². The van der Waals surface area contributed by atoms with Crippen LogP contribution in [0, 0.1) is 17.3 Å². The lowest BCUT2D eigenvalue weighted by molar-refractivity contribution is 0.0458. The van der Waals surface area contributed by atoms with Crippen molar-refractivity contribution in [1.82, 2.24) is 0 Å². The average Bonchev–Trinajstić information content (AvgIpc) is 2.87. The predicted octanol–water partition coefficient (Wildman–Crippen LogP) is 5.87. The molecular weight excluding hydrogens is 296 g/mol. The van der Waals surface area contributed by atoms with Gasteiger partial charge < -0.3 is 10.2 Å². The number of aliphatic hydroxyl groups is 2. The Morgan fingerprint density at radius 2 is 1.75 bits per heavy atom. The van der Waals surface area contributed by atoms with Gasteiger partial charge in [-0.1, -0.05) is 78.4 Å². The van der Waals surface area contributed by atoms with Gasteiger partial charge in [-0.25, -0.2) is 0 Å². The Kier molecular flexibility index (Phi) is 10.2. The summed E-state index contributed by atoms with van der Waals surface area (Å²) in [6.07, 6.45) is 16.7. The van der Waals surface area contributed by atoms with Crippen molar-refractivity contribution in [1.29, 1.82) is 0 Å². The van der Waals surface area contributed by atoms with E-state index in [1.54, 1.807) is 0 Å². The third-order valence-electron chi connectivity index (χ3n) is 6.01. The highest BCUT2D eigenvalue weighted by atomic mass is 16.3. The van der Waals surface area contributed by atoms with E-state index >= 15 is 0 Å². The van der Waals surface area contributed by atoms with Gasteiger partial charge in [0, 0.05) is 5.92 Å². The number of unbranched alkanes of at least 4 members (excludes halogenated alkanes) is 4. The molecule has 2 N–H and O–H groups in total. The van der Waals surface area contributed by atoms with E-state index < -0.39 is 0 Å². The molecular formula is C22H42O2. The summed E-state index contributed by atoms with van der Waals surface area (Å²) in [7, 11) is 0. The molecule has 0 aromatic carbocycles. The molecule has 0 aromatic rings. The summed E-state index contributed by atoms with van der Waals surface area (Å²) in [5, 5.41) is 20.7. The Balaban J connectivity index is 2.41. The van der Waals surface area contributed by atoms with Gasteiger partial charge in [0.2, 0.25) is 0 Å². The summed E-state index contributed by atoms with van der Waals surface area (Å²) in [5.41, 5.74) is -0.0218. The van der Waals surface area contributed by atoms with Crippen LogP contribution in [0.25, 0.3) is 0 Å². The van der Waals surface area contributed by atoms with Crippen LogP contribution in [0.15, 0.2) is 12.2 Å². The first-order chi connectivity index (χ1) is 11.4. The minimum atomic E-state index is -0.292. The van der Waals surface area contributed by atoms with Crippen LogP contribution < -0.4 is 0 Å². The Hall–Kier alpha value is -0.340. The molecule has 0 heterocycles. The van der Waals surface area contributed by atoms with Crippen molar-refractivity contribution < 1.29 is 10.2 Å². The van der Waals surface area contributed by atoms with Crippen molar-refractivity contribution in [3.05, 3.63) is 12.2 Å². The van der Waals surface area contributed by atoms with Crippen LogP contribution in [-0.2, 0) is 0 Å². The zero-order valence-corrected chi connectivity index (χ0v) is 16.6. The topological polar surface area (TPSA) is 40.5 Å². The molecule has 1 saturated carbocycles. The number of rotatable bonds is 12. The van der Waals surface area contributed by atoms with Crippen LogP contribution in [0.4, 0.5) is 0 Å². The zero-order valence-electron chi connectivity index (χ0n) is 16.6. The molecule has 0 unspecified atom stereocenters. The average molecular weight is 339 g/mol. The highest BCUT2D eigenvalue weighted by Crippen LogP contribution is 2.37. The summed E-state index contributed by atoms with van der Waals surface area (Å²) in [4.78, 5) is 0. The summed E-state index contributed by atoms with van der Waals surface area (Å²) >= 11 is 0. The molecule has 0 saturated heterocycles. The molecule has 2 heteroatoms. The molecule has 0 amide bonds. The van der Waals surface area contributed by atoms with E-state index in [4.69, 9.17) is 0 Å². The lowest BCUT2D eigenvalue weighted by Crippen LogP contribution is -2.28. The highest BCUT2D eigenvalue weighted by Gasteiger charge is 2.32. The van der Waals surface area contributed by atoms with E-state index in [2.05, 4.69) is 39.8 Å². The normalized spacial score (nSPS) is 26.3. The van der Waals surface area contributed by atoms with E-state index in [1.807, 2.05) is 0 Å². The highest BCUT2D eigenvalue weighted by molar-refractivity contribution is 5.00. The molecule has 0 aliphatic heterocycles. The van der Waals surface area contributed by atoms with Crippen molar-refractivity contribution in [2.45, 2.75) is 111 Å². The van der Waals surface area contributed by atoms with E-state index in [9.17, 15) is 10.2 Å². The van der Waals surface area contributed by atoms with Gasteiger partial charge >= 0.3 is 0 Å². The first-order valence-corrected chi connectivity index (χ1v) is 10.4. The quantitative estimate of drug-likeness (QED) is 0.345. The predicted molar refractivity (Wildman–Crippen MR) is 104 cm³/mol. The second kappa shape index (κ2) is 11.3. The van der Waals surface area contributed by atoms with Crippen LogP contribution in [0.2, 0.25) is 0 Å². The Morgan fingerprint density at radius 3 is 2.42 bits per heavy atom. The van der Waals surface area contributed by atoms with E-state index in [0.29, 0.717) is 18.3 Å². The Bertz CT molecular complexity index is 348. The Morgan fingerprint density at radius 1 is 1.04 bits per heavy atom. The zero-order chi connectivity index (χ0) is 18.0. The first-order valence-electron chi connectivity index (χ1n) is 10.4. The van der Waals surface area contributed by atoms with Crippen LogP contribution in [-0.4, -0.2) is 22.4 Å². The number of hydrogen-bond donors (Lipinski definition) is 2. The monoisotopic (exact) mass is 338 g/mol. The minimum Gasteiger partial charge on any atom is -0.393 e. The van der Waals surface area contributed by atoms with Crippen LogP contribution in [0.5, 0.6) is 0 Å². The lowest BCUT2D eigenvalue weighted by atomic mass is 9.80. The fourth-order valence-corrected chi connectivity index (χ4v) is 4.21. The van der Waals surface area contributed by atoms with Crippen LogP contribution >= 0.6 is 0 Å². The second-order valence-corrected chi connectivity index (χ2v) is 8.60. The van der Waals surface area contributed by atoms with Gasteiger partial charge in [-0.15, -0.1) is 0 Å². The largest absolute Gasteiger partial charge is 0.393 e. The molecule has 1 fully saturated rings. The lowest BCUT2D eigenvalue weighted by Gasteiger charge is -2.29. The van der Waals surface area contributed by atoms with Crippen molar-refractivity contribution in [2.75, 3.05) is 0 Å². The summed E-state index contributed by atoms with van der Waals surface area (Å²) in [5.74, 6) is 0.941. The fraction of sp³-hybridized carbons (Fsp3) is 0.909. The third kappa shape index (κ3) is 7.27. The van der Waals surface area contributed by atoms with Gasteiger partial charge in [-0.2, -0.15) is 0 Å². The maximum Gasteiger partial charge on any atom is 0.0625 e. The molecule has 1 aliphatic rings. The molecule has 1 aliphatic carbocycles. The van der Waals surface area contributed by atoms with Gasteiger partial charge in [0.05, 0.1) is 12.2 Å². The summed E-state index contributed by atoms with van der Waals surface area (Å²) in [6, 6.07) is 0. The molecule has 4 atom stereocenters. The van der Waals surface area contributed by atoms with Crippen molar-refractivity contribution in [3.8, 4) is 0 Å². The van der Waals surface area contributed by atoms with Crippen molar-refractivity contribution in [2.24, 2.45) is 17.3 Å². The maximum atomic E-state index is 10.4. The molecule has 0 spiro atoms. The molecule has 1 rings (SSSR count). The van der Waals surface area contributed by atoms with E-state index in [0.717, 1.165) is 25.7 Å². The van der Waals surface area contributed by atoms with E-state index in [-0.39, 0.29) is 17.6 Å². The van der Waals surface area contributed by atoms with Gasteiger partial charge in [-0.3, -0.25) is 0 Å². The fourth-order valence-electron chi connectivity index (χ4n) is 4.21. The van der Waals surface area contributed by atoms with Crippen molar-refractivity contribution >= 4 is 0 Å². The molecule has 2 nitrogen and oxygen atoms in total. The molecule has 0 radical (unpaired) electrons. The summed E-state index contributed by atoms with van der Waals surface area (Å²) in [6.45, 7) is 8.73. The van der Waals surface area contributed by atoms with Crippen molar-refractivity contribution in [3.63, 3.8) is 0 Å². The Labute approximate surface area is 150 Å². The SMILES string of the molecule is CCCCCCC[C@H]1CC[C@@H](O)[C@@H]1/C=C/C[C@H](O)C(C)(C)CCC. The smallest absolute Gasteiger partial charge is 0.0625 e. The second-order valence-electron chi connectivity index (χ2n) is 8.60. The van der Waals surface area contributed by atoms with Crippen LogP contribution in [0.3, 0.4) is 0 Å². The minimum absolute atomic E-state index is 0.0218. The molecule has 24 heavy (non-hydrogen) atoms. The summed E-state index contributed by atoms with van der Waals surface area (Å²) < 4.78 is 0. The molecule has 142 valence electrons. The standard InChI is InChI=1S/C22H42O2/c1-5-7-8-9-10-12-18-15-16-20(23)19(18)13-11-14-21(24)22(3,4)17-6-2/h11,13,18-21,23-24H,5-10,12,14-17H2,1-4H3/b13-11+/t18-,19+,20+,21-/m0/s1. The number of aliphatic hydroxyl groups excluding tert-OH is 2. The molecule has 0 aromatic heterocycles. The van der Waals surface area contributed by atoms with E-state index in [1.165, 1.54) is 38.5 Å².